The predicted molar refractivity (Wildman–Crippen MR) is 35.3 cm³/mol. The van der Waals surface area contributed by atoms with Gasteiger partial charge in [-0.1, -0.05) is 13.8 Å². The second-order valence-corrected chi connectivity index (χ2v) is 3.01. The molecule has 0 aliphatic carbocycles. The largest absolute Gasteiger partial charge is 0.441 e. The van der Waals surface area contributed by atoms with Gasteiger partial charge in [0.2, 0.25) is 5.60 Å². The van der Waals surface area contributed by atoms with Crippen molar-refractivity contribution in [3.8, 4) is 0 Å². The standard InChI is InChI=1S/C7H12O3/c1-4(2)7(5(3)8)6(9)10-7/h4-5,8H,1-3H3/t5-,7-/m0/s1. The van der Waals surface area contributed by atoms with Gasteiger partial charge >= 0.3 is 5.97 Å². The molecule has 0 spiro atoms. The van der Waals surface area contributed by atoms with Gasteiger partial charge in [-0.05, 0) is 6.92 Å². The number of carbonyl (C=O) groups excluding carboxylic acids is 1. The van der Waals surface area contributed by atoms with E-state index in [0.29, 0.717) is 0 Å². The lowest BCUT2D eigenvalue weighted by molar-refractivity contribution is -0.117. The van der Waals surface area contributed by atoms with Crippen molar-refractivity contribution in [2.24, 2.45) is 5.92 Å². The van der Waals surface area contributed by atoms with Crippen LogP contribution in [0.5, 0.6) is 0 Å². The van der Waals surface area contributed by atoms with E-state index >= 15 is 0 Å². The van der Waals surface area contributed by atoms with Gasteiger partial charge in [-0.2, -0.15) is 0 Å². The minimum Gasteiger partial charge on any atom is -0.441 e. The monoisotopic (exact) mass is 144 g/mol. The average Bonchev–Trinajstić information content (AvgIpc) is 2.42. The second kappa shape index (κ2) is 1.95. The van der Waals surface area contributed by atoms with Crippen molar-refractivity contribution < 1.29 is 14.6 Å². The van der Waals surface area contributed by atoms with Crippen molar-refractivity contribution in [1.29, 1.82) is 0 Å². The summed E-state index contributed by atoms with van der Waals surface area (Å²) in [7, 11) is 0. The second-order valence-electron chi connectivity index (χ2n) is 3.01. The van der Waals surface area contributed by atoms with E-state index in [2.05, 4.69) is 0 Å². The molecule has 2 atom stereocenters. The molecule has 0 bridgehead atoms. The van der Waals surface area contributed by atoms with Crippen LogP contribution in [0.4, 0.5) is 0 Å². The number of aliphatic hydroxyl groups is 1. The highest BCUT2D eigenvalue weighted by Crippen LogP contribution is 2.39. The third-order valence-corrected chi connectivity index (χ3v) is 2.02. The lowest BCUT2D eigenvalue weighted by atomic mass is 9.91. The average molecular weight is 144 g/mol. The van der Waals surface area contributed by atoms with E-state index in [-0.39, 0.29) is 11.9 Å². The molecule has 0 radical (unpaired) electrons. The quantitative estimate of drug-likeness (QED) is 0.568. The Morgan fingerprint density at radius 1 is 1.50 bits per heavy atom. The van der Waals surface area contributed by atoms with Crippen molar-refractivity contribution in [1.82, 2.24) is 0 Å². The maximum atomic E-state index is 10.7. The molecule has 0 aromatic carbocycles. The molecule has 1 aliphatic heterocycles. The zero-order valence-corrected chi connectivity index (χ0v) is 6.42. The van der Waals surface area contributed by atoms with E-state index in [1.807, 2.05) is 13.8 Å². The first-order valence-electron chi connectivity index (χ1n) is 3.43. The lowest BCUT2D eigenvalue weighted by Gasteiger charge is -2.14. The Hall–Kier alpha value is -0.570. The summed E-state index contributed by atoms with van der Waals surface area (Å²) in [6.45, 7) is 5.29. The topological polar surface area (TPSA) is 49.8 Å². The molecule has 0 unspecified atom stereocenters. The molecule has 10 heavy (non-hydrogen) atoms. The maximum Gasteiger partial charge on any atom is 0.354 e. The van der Waals surface area contributed by atoms with Gasteiger partial charge in [-0.3, -0.25) is 0 Å². The fourth-order valence-corrected chi connectivity index (χ4v) is 1.22. The van der Waals surface area contributed by atoms with Gasteiger partial charge in [0.1, 0.15) is 6.10 Å². The molecule has 1 fully saturated rings. The predicted octanol–water partition coefficient (Wildman–Crippen LogP) is 0.319. The fourth-order valence-electron chi connectivity index (χ4n) is 1.22. The van der Waals surface area contributed by atoms with E-state index in [0.717, 1.165) is 0 Å². The van der Waals surface area contributed by atoms with Crippen LogP contribution < -0.4 is 0 Å². The van der Waals surface area contributed by atoms with Gasteiger partial charge in [0.15, 0.2) is 0 Å². The highest BCUT2D eigenvalue weighted by Gasteiger charge is 2.63. The van der Waals surface area contributed by atoms with E-state index < -0.39 is 11.7 Å². The molecule has 3 heteroatoms. The first kappa shape index (κ1) is 7.54. The van der Waals surface area contributed by atoms with E-state index in [1.165, 1.54) is 0 Å². The molecule has 0 amide bonds. The number of hydrogen-bond donors (Lipinski definition) is 1. The summed E-state index contributed by atoms with van der Waals surface area (Å²) in [5.41, 5.74) is -0.875. The number of rotatable bonds is 2. The Morgan fingerprint density at radius 2 is 1.90 bits per heavy atom. The number of aliphatic hydroxyl groups excluding tert-OH is 1. The zero-order valence-electron chi connectivity index (χ0n) is 6.42. The van der Waals surface area contributed by atoms with Crippen LogP contribution in [0.2, 0.25) is 0 Å². The molecule has 58 valence electrons. The van der Waals surface area contributed by atoms with Gasteiger partial charge in [-0.25, -0.2) is 4.79 Å². The molecule has 0 aromatic rings. The number of carbonyl (C=O) groups is 1. The summed E-state index contributed by atoms with van der Waals surface area (Å²) in [5.74, 6) is -0.225. The molecule has 1 aliphatic rings. The highest BCUT2D eigenvalue weighted by molar-refractivity contribution is 5.94. The van der Waals surface area contributed by atoms with Crippen molar-refractivity contribution in [2.75, 3.05) is 0 Å². The summed E-state index contributed by atoms with van der Waals surface area (Å²) < 4.78 is 4.74. The van der Waals surface area contributed by atoms with Crippen LogP contribution in [-0.2, 0) is 9.53 Å². The number of ether oxygens (including phenoxy) is 1. The van der Waals surface area contributed by atoms with Gasteiger partial charge < -0.3 is 9.84 Å². The van der Waals surface area contributed by atoms with Crippen LogP contribution in [0, 0.1) is 5.92 Å². The molecule has 1 N–H and O–H groups in total. The molecule has 1 saturated heterocycles. The van der Waals surface area contributed by atoms with Gasteiger partial charge in [0.25, 0.3) is 0 Å². The summed E-state index contributed by atoms with van der Waals surface area (Å²) in [6.07, 6.45) is -0.694. The number of hydrogen-bond acceptors (Lipinski definition) is 3. The molecular formula is C7H12O3. The molecule has 1 heterocycles. The first-order valence-corrected chi connectivity index (χ1v) is 3.43. The molecule has 1 rings (SSSR count). The van der Waals surface area contributed by atoms with Crippen molar-refractivity contribution in [2.45, 2.75) is 32.5 Å². The third-order valence-electron chi connectivity index (χ3n) is 2.02. The minimum absolute atomic E-state index is 0.0556. The lowest BCUT2D eigenvalue weighted by Crippen LogP contribution is -2.33. The van der Waals surface area contributed by atoms with Crippen LogP contribution in [0.15, 0.2) is 0 Å². The van der Waals surface area contributed by atoms with Crippen molar-refractivity contribution >= 4 is 5.97 Å². The Bertz CT molecular complexity index is 152. The first-order chi connectivity index (χ1) is 4.51. The van der Waals surface area contributed by atoms with E-state index in [9.17, 15) is 4.79 Å². The summed E-state index contributed by atoms with van der Waals surface area (Å²) in [6, 6.07) is 0. The Kier molecular flexibility index (Phi) is 1.47. The molecule has 0 aromatic heterocycles. The minimum atomic E-state index is -0.875. The van der Waals surface area contributed by atoms with Gasteiger partial charge in [0.05, 0.1) is 0 Å². The summed E-state index contributed by atoms with van der Waals surface area (Å²) in [4.78, 5) is 10.7. The van der Waals surface area contributed by atoms with Gasteiger partial charge in [-0.15, -0.1) is 0 Å². The van der Waals surface area contributed by atoms with Crippen LogP contribution in [0.1, 0.15) is 20.8 Å². The number of epoxide rings is 1. The fraction of sp³-hybridized carbons (Fsp3) is 0.857. The third kappa shape index (κ3) is 0.736. The summed E-state index contributed by atoms with van der Waals surface area (Å²) in [5, 5.41) is 9.14. The van der Waals surface area contributed by atoms with Crippen LogP contribution in [0.25, 0.3) is 0 Å². The number of cyclic esters (lactones) is 1. The van der Waals surface area contributed by atoms with Crippen molar-refractivity contribution in [3.63, 3.8) is 0 Å². The van der Waals surface area contributed by atoms with Crippen LogP contribution in [0.3, 0.4) is 0 Å². The Morgan fingerprint density at radius 3 is 1.90 bits per heavy atom. The maximum absolute atomic E-state index is 10.7. The smallest absolute Gasteiger partial charge is 0.354 e. The molecular weight excluding hydrogens is 132 g/mol. The Balaban J connectivity index is 2.73. The van der Waals surface area contributed by atoms with E-state index in [4.69, 9.17) is 9.84 Å². The summed E-state index contributed by atoms with van der Waals surface area (Å²) >= 11 is 0. The highest BCUT2D eigenvalue weighted by atomic mass is 16.7. The van der Waals surface area contributed by atoms with Crippen LogP contribution >= 0.6 is 0 Å². The Labute approximate surface area is 60.0 Å². The zero-order chi connectivity index (χ0) is 7.94. The molecule has 0 saturated carbocycles. The van der Waals surface area contributed by atoms with Gasteiger partial charge in [0, 0.05) is 5.92 Å². The normalized spacial score (nSPS) is 33.9. The van der Waals surface area contributed by atoms with Crippen molar-refractivity contribution in [3.05, 3.63) is 0 Å². The SMILES string of the molecule is CC(C)[C@@]1([C@H](C)O)OC1=O. The van der Waals surface area contributed by atoms with E-state index in [1.54, 1.807) is 6.92 Å². The van der Waals surface area contributed by atoms with Crippen LogP contribution in [-0.4, -0.2) is 22.8 Å². The molecule has 3 nitrogen and oxygen atoms in total.